The number of benzene rings is 2. The van der Waals surface area contributed by atoms with Crippen LogP contribution < -0.4 is 5.73 Å². The topological polar surface area (TPSA) is 118 Å². The highest BCUT2D eigenvalue weighted by molar-refractivity contribution is 6.08. The van der Waals surface area contributed by atoms with Gasteiger partial charge in [0.15, 0.2) is 6.73 Å². The number of carbonyl (C=O) groups is 1. The van der Waals surface area contributed by atoms with Gasteiger partial charge in [0.05, 0.1) is 16.6 Å². The Labute approximate surface area is 201 Å². The molecule has 8 heteroatoms. The number of nitrogens with one attached hydrogen (secondary N) is 1. The molecule has 5 aromatic rings. The third-order valence-corrected chi connectivity index (χ3v) is 6.87. The van der Waals surface area contributed by atoms with E-state index in [1.807, 2.05) is 48.8 Å². The van der Waals surface area contributed by atoms with Gasteiger partial charge in [-0.1, -0.05) is 36.4 Å². The fourth-order valence-electron chi connectivity index (χ4n) is 5.22. The Morgan fingerprint density at radius 3 is 2.63 bits per heavy atom. The molecule has 0 aliphatic carbocycles. The van der Waals surface area contributed by atoms with Crippen molar-refractivity contribution < 1.29 is 19.7 Å². The van der Waals surface area contributed by atoms with Crippen LogP contribution in [0.2, 0.25) is 0 Å². The van der Waals surface area contributed by atoms with Crippen LogP contribution in [0.15, 0.2) is 54.9 Å². The lowest BCUT2D eigenvalue weighted by Crippen LogP contribution is -2.29. The van der Waals surface area contributed by atoms with Crippen molar-refractivity contribution in [2.75, 3.05) is 0 Å². The minimum Gasteiger partial charge on any atom is -0.494 e. The van der Waals surface area contributed by atoms with Crippen molar-refractivity contribution in [2.45, 2.75) is 39.1 Å². The van der Waals surface area contributed by atoms with Crippen molar-refractivity contribution in [3.05, 3.63) is 60.4 Å². The molecule has 1 unspecified atom stereocenters. The van der Waals surface area contributed by atoms with Crippen molar-refractivity contribution in [1.82, 2.24) is 14.1 Å². The molecule has 1 aliphatic rings. The fourth-order valence-corrected chi connectivity index (χ4v) is 5.22. The van der Waals surface area contributed by atoms with Crippen molar-refractivity contribution >= 4 is 27.8 Å². The summed E-state index contributed by atoms with van der Waals surface area (Å²) in [7, 11) is 0. The van der Waals surface area contributed by atoms with Crippen molar-refractivity contribution in [3.63, 3.8) is 0 Å². The Morgan fingerprint density at radius 1 is 1.09 bits per heavy atom. The lowest BCUT2D eigenvalue weighted by atomic mass is 9.96. The van der Waals surface area contributed by atoms with Gasteiger partial charge in [-0.25, -0.2) is 4.57 Å². The number of para-hydroxylation sites is 2. The predicted octanol–water partition coefficient (Wildman–Crippen LogP) is 4.46. The molecule has 0 spiro atoms. The van der Waals surface area contributed by atoms with Crippen LogP contribution in [0, 0.1) is 0 Å². The van der Waals surface area contributed by atoms with Gasteiger partial charge in [-0.3, -0.25) is 4.79 Å². The molecule has 178 valence electrons. The average molecular weight is 471 g/mol. The normalized spacial score (nSPS) is 14.0. The maximum atomic E-state index is 12.0. The summed E-state index contributed by atoms with van der Waals surface area (Å²) in [5, 5.41) is 24.8. The zero-order valence-corrected chi connectivity index (χ0v) is 19.3. The molecular formula is C27H26N4O4. The van der Waals surface area contributed by atoms with E-state index in [-0.39, 0.29) is 18.5 Å². The van der Waals surface area contributed by atoms with Gasteiger partial charge in [0.1, 0.15) is 6.04 Å². The number of hydrogen-bond acceptors (Lipinski definition) is 5. The van der Waals surface area contributed by atoms with Gasteiger partial charge in [-0.05, 0) is 31.4 Å². The molecule has 0 saturated heterocycles. The molecule has 1 atom stereocenters. The Balaban J connectivity index is 1.62. The van der Waals surface area contributed by atoms with Crippen LogP contribution in [0.4, 0.5) is 0 Å². The van der Waals surface area contributed by atoms with Gasteiger partial charge in [0.2, 0.25) is 11.8 Å². The number of nitrogens with zero attached hydrogens (tertiary/aromatic N) is 2. The Morgan fingerprint density at radius 2 is 1.83 bits per heavy atom. The summed E-state index contributed by atoms with van der Waals surface area (Å²) in [6.07, 6.45) is 5.91. The quantitative estimate of drug-likeness (QED) is 0.283. The van der Waals surface area contributed by atoms with Crippen LogP contribution in [-0.2, 0) is 29.2 Å². The minimum atomic E-state index is -0.819. The number of aromatic nitrogens is 3. The lowest BCUT2D eigenvalue weighted by Gasteiger charge is -2.14. The molecule has 4 heterocycles. The van der Waals surface area contributed by atoms with Crippen LogP contribution in [0.5, 0.6) is 11.8 Å². The molecule has 35 heavy (non-hydrogen) atoms. The van der Waals surface area contributed by atoms with E-state index in [4.69, 9.17) is 10.5 Å². The molecule has 0 saturated carbocycles. The number of aryl methyl sites for hydroxylation is 2. The molecule has 0 bridgehead atoms. The fraction of sp³-hybridized carbons (Fsp3) is 0.222. The van der Waals surface area contributed by atoms with Gasteiger partial charge in [-0.2, -0.15) is 0 Å². The van der Waals surface area contributed by atoms with Crippen LogP contribution in [-0.4, -0.2) is 36.3 Å². The highest BCUT2D eigenvalue weighted by Crippen LogP contribution is 2.51. The summed E-state index contributed by atoms with van der Waals surface area (Å²) < 4.78 is 8.69. The molecule has 5 N–H and O–H groups in total. The summed E-state index contributed by atoms with van der Waals surface area (Å²) in [4.78, 5) is 15.3. The standard InChI is InChI=1S/C27H26N4O4/c1-15(28)27(34)35-14-31-25(32)22(19-12-29-21-10-3-2-8-17(19)21)23(26(31)33)20-13-30-11-5-7-16-6-4-9-18(20)24(16)30/h2-4,6,8-10,12-13,15,29,32-33H,5,7,11,14,28H2,1H3. The summed E-state index contributed by atoms with van der Waals surface area (Å²) in [5.41, 5.74) is 11.5. The average Bonchev–Trinajstić information content (AvgIpc) is 3.51. The SMILES string of the molecule is CC(N)C(=O)OCn1c(O)c(-c2c[nH]c3ccccc23)c(-c2cn3c4c(cccc24)CCC3)c1O. The molecular weight excluding hydrogens is 444 g/mol. The van der Waals surface area contributed by atoms with Gasteiger partial charge in [0, 0.05) is 46.4 Å². The van der Waals surface area contributed by atoms with E-state index in [0.29, 0.717) is 11.1 Å². The molecule has 1 aliphatic heterocycles. The van der Waals surface area contributed by atoms with E-state index in [1.54, 1.807) is 0 Å². The third kappa shape index (κ3) is 3.21. The first-order chi connectivity index (χ1) is 17.0. The molecule has 8 nitrogen and oxygen atoms in total. The van der Waals surface area contributed by atoms with E-state index >= 15 is 0 Å². The monoisotopic (exact) mass is 470 g/mol. The lowest BCUT2D eigenvalue weighted by molar-refractivity contribution is -0.148. The van der Waals surface area contributed by atoms with E-state index in [0.717, 1.165) is 52.3 Å². The summed E-state index contributed by atoms with van der Waals surface area (Å²) in [6, 6.07) is 13.2. The van der Waals surface area contributed by atoms with Crippen LogP contribution in [0.3, 0.4) is 0 Å². The molecule has 2 aromatic carbocycles. The van der Waals surface area contributed by atoms with Gasteiger partial charge >= 0.3 is 5.97 Å². The molecule has 0 fully saturated rings. The van der Waals surface area contributed by atoms with Gasteiger partial charge in [0.25, 0.3) is 0 Å². The second-order valence-electron chi connectivity index (χ2n) is 9.11. The maximum Gasteiger partial charge on any atom is 0.324 e. The first kappa shape index (κ1) is 21.4. The maximum absolute atomic E-state index is 12.0. The number of nitrogens with two attached hydrogens (primary N) is 1. The first-order valence-corrected chi connectivity index (χ1v) is 11.7. The number of carbonyl (C=O) groups excluding carboxylic acids is 1. The largest absolute Gasteiger partial charge is 0.494 e. The Kier molecular flexibility index (Phi) is 4.86. The van der Waals surface area contributed by atoms with Gasteiger partial charge < -0.3 is 30.2 Å². The zero-order valence-electron chi connectivity index (χ0n) is 19.3. The van der Waals surface area contributed by atoms with E-state index in [1.165, 1.54) is 17.1 Å². The Hall–Kier alpha value is -4.17. The third-order valence-electron chi connectivity index (χ3n) is 6.87. The number of hydrogen-bond donors (Lipinski definition) is 4. The van der Waals surface area contributed by atoms with Crippen molar-refractivity contribution in [2.24, 2.45) is 5.73 Å². The Bertz CT molecular complexity index is 1600. The van der Waals surface area contributed by atoms with Gasteiger partial charge in [-0.15, -0.1) is 0 Å². The number of aromatic hydroxyl groups is 2. The second kappa shape index (κ2) is 7.95. The molecule has 0 radical (unpaired) electrons. The van der Waals surface area contributed by atoms with Crippen LogP contribution >= 0.6 is 0 Å². The number of fused-ring (bicyclic) bond motifs is 1. The van der Waals surface area contributed by atoms with E-state index in [2.05, 4.69) is 15.6 Å². The smallest absolute Gasteiger partial charge is 0.324 e. The number of H-pyrrole nitrogens is 1. The molecule has 0 amide bonds. The molecule has 6 rings (SSSR count). The summed E-state index contributed by atoms with van der Waals surface area (Å²) in [5.74, 6) is -0.990. The number of esters is 1. The number of ether oxygens (including phenoxy) is 1. The van der Waals surface area contributed by atoms with E-state index < -0.39 is 12.0 Å². The minimum absolute atomic E-state index is 0.177. The summed E-state index contributed by atoms with van der Waals surface area (Å²) in [6.45, 7) is 2.04. The number of aromatic amines is 1. The predicted molar refractivity (Wildman–Crippen MR) is 134 cm³/mol. The summed E-state index contributed by atoms with van der Waals surface area (Å²) >= 11 is 0. The number of rotatable bonds is 5. The van der Waals surface area contributed by atoms with Crippen LogP contribution in [0.25, 0.3) is 44.1 Å². The van der Waals surface area contributed by atoms with Crippen molar-refractivity contribution in [3.8, 4) is 34.0 Å². The molecule has 3 aromatic heterocycles. The van der Waals surface area contributed by atoms with E-state index in [9.17, 15) is 15.0 Å². The van der Waals surface area contributed by atoms with Crippen molar-refractivity contribution in [1.29, 1.82) is 0 Å². The highest BCUT2D eigenvalue weighted by Gasteiger charge is 2.30. The zero-order chi connectivity index (χ0) is 24.3. The van der Waals surface area contributed by atoms with Crippen LogP contribution in [0.1, 0.15) is 18.9 Å². The first-order valence-electron chi connectivity index (χ1n) is 11.7. The highest BCUT2D eigenvalue weighted by atomic mass is 16.5. The second-order valence-corrected chi connectivity index (χ2v) is 9.11.